The molecule has 1 unspecified atom stereocenters. The number of carbonyl (C=O) groups excluding carboxylic acids is 1. The van der Waals surface area contributed by atoms with Crippen LogP contribution in [0.2, 0.25) is 5.02 Å². The Kier molecular flexibility index (Phi) is 5.57. The average molecular weight is 356 g/mol. The maximum absolute atomic E-state index is 13.2. The second-order valence-corrected chi connectivity index (χ2v) is 6.35. The van der Waals surface area contributed by atoms with Crippen molar-refractivity contribution >= 4 is 35.0 Å². The highest BCUT2D eigenvalue weighted by atomic mass is 35.5. The van der Waals surface area contributed by atoms with Crippen LogP contribution >= 0.6 is 23.4 Å². The first kappa shape index (κ1) is 17.2. The number of nitrogens with zero attached hydrogens (tertiary/aromatic N) is 1. The van der Waals surface area contributed by atoms with Gasteiger partial charge in [-0.3, -0.25) is 14.9 Å². The van der Waals surface area contributed by atoms with Crippen LogP contribution in [0.25, 0.3) is 0 Å². The molecule has 0 fully saturated rings. The molecular formula is C15H11ClFNO4S. The molecule has 2 aromatic carbocycles. The average Bonchev–Trinajstić information content (AvgIpc) is 2.49. The topological polar surface area (TPSA) is 69.4 Å². The van der Waals surface area contributed by atoms with E-state index in [0.29, 0.717) is 5.02 Å². The number of esters is 1. The second-order valence-electron chi connectivity index (χ2n) is 4.50. The van der Waals surface area contributed by atoms with Crippen molar-refractivity contribution in [1.82, 2.24) is 0 Å². The van der Waals surface area contributed by atoms with E-state index in [1.165, 1.54) is 11.8 Å². The fourth-order valence-corrected chi connectivity index (χ4v) is 2.65. The van der Waals surface area contributed by atoms with E-state index in [2.05, 4.69) is 0 Å². The molecule has 120 valence electrons. The Morgan fingerprint density at radius 2 is 1.96 bits per heavy atom. The van der Waals surface area contributed by atoms with E-state index in [-0.39, 0.29) is 0 Å². The third kappa shape index (κ3) is 4.67. The molecule has 0 heterocycles. The molecule has 2 rings (SSSR count). The first-order valence-electron chi connectivity index (χ1n) is 6.44. The van der Waals surface area contributed by atoms with Crippen LogP contribution in [0.15, 0.2) is 47.4 Å². The molecule has 0 N–H and O–H groups in total. The molecule has 0 aromatic heterocycles. The lowest BCUT2D eigenvalue weighted by Crippen LogP contribution is -2.20. The summed E-state index contributed by atoms with van der Waals surface area (Å²) >= 11 is 6.98. The highest BCUT2D eigenvalue weighted by molar-refractivity contribution is 8.00. The van der Waals surface area contributed by atoms with E-state index in [0.717, 1.165) is 23.1 Å². The Balaban J connectivity index is 2.10. The fraction of sp³-hybridized carbons (Fsp3) is 0.133. The zero-order chi connectivity index (χ0) is 17.0. The van der Waals surface area contributed by atoms with E-state index in [1.807, 2.05) is 0 Å². The van der Waals surface area contributed by atoms with Gasteiger partial charge in [0, 0.05) is 22.1 Å². The van der Waals surface area contributed by atoms with Gasteiger partial charge in [-0.1, -0.05) is 11.6 Å². The van der Waals surface area contributed by atoms with Crippen LogP contribution in [0, 0.1) is 15.9 Å². The van der Waals surface area contributed by atoms with Crippen molar-refractivity contribution in [2.45, 2.75) is 17.1 Å². The summed E-state index contributed by atoms with van der Waals surface area (Å²) in [4.78, 5) is 23.0. The van der Waals surface area contributed by atoms with Gasteiger partial charge in [0.15, 0.2) is 0 Å². The molecule has 0 spiro atoms. The van der Waals surface area contributed by atoms with Gasteiger partial charge in [-0.05, 0) is 37.3 Å². The number of thioether (sulfide) groups is 1. The summed E-state index contributed by atoms with van der Waals surface area (Å²) < 4.78 is 18.2. The molecule has 8 heteroatoms. The molecule has 0 saturated heterocycles. The van der Waals surface area contributed by atoms with Crippen LogP contribution < -0.4 is 4.74 Å². The van der Waals surface area contributed by atoms with Crippen molar-refractivity contribution in [3.63, 3.8) is 0 Å². The van der Waals surface area contributed by atoms with E-state index in [1.54, 1.807) is 31.2 Å². The molecular weight excluding hydrogens is 345 g/mol. The first-order chi connectivity index (χ1) is 10.9. The van der Waals surface area contributed by atoms with Crippen molar-refractivity contribution in [1.29, 1.82) is 0 Å². The van der Waals surface area contributed by atoms with Gasteiger partial charge in [0.1, 0.15) is 11.1 Å². The van der Waals surface area contributed by atoms with Crippen molar-refractivity contribution in [2.75, 3.05) is 0 Å². The van der Waals surface area contributed by atoms with E-state index >= 15 is 0 Å². The quantitative estimate of drug-likeness (QED) is 0.260. The zero-order valence-corrected chi connectivity index (χ0v) is 13.4. The van der Waals surface area contributed by atoms with Gasteiger partial charge in [0.2, 0.25) is 5.75 Å². The van der Waals surface area contributed by atoms with Crippen LogP contribution in [0.3, 0.4) is 0 Å². The SMILES string of the molecule is CC(Sc1ccc(Cl)cc1)C(=O)Oc1cc(F)ccc1[N+](=O)[O-]. The molecule has 0 aliphatic rings. The molecule has 0 saturated carbocycles. The molecule has 23 heavy (non-hydrogen) atoms. The summed E-state index contributed by atoms with van der Waals surface area (Å²) in [6.45, 7) is 1.59. The lowest BCUT2D eigenvalue weighted by molar-refractivity contribution is -0.385. The number of nitro groups is 1. The van der Waals surface area contributed by atoms with Crippen LogP contribution in [-0.2, 0) is 4.79 Å². The lowest BCUT2D eigenvalue weighted by atomic mass is 10.3. The summed E-state index contributed by atoms with van der Waals surface area (Å²) in [6, 6.07) is 9.54. The number of carbonyl (C=O) groups is 1. The van der Waals surface area contributed by atoms with Gasteiger partial charge in [0.25, 0.3) is 0 Å². The molecule has 0 amide bonds. The van der Waals surface area contributed by atoms with Crippen molar-refractivity contribution in [3.05, 3.63) is 63.4 Å². The second kappa shape index (κ2) is 7.43. The maximum atomic E-state index is 13.2. The van der Waals surface area contributed by atoms with Gasteiger partial charge in [0.05, 0.1) is 4.92 Å². The van der Waals surface area contributed by atoms with Crippen molar-refractivity contribution < 1.29 is 18.8 Å². The molecule has 0 bridgehead atoms. The Hall–Kier alpha value is -2.12. The Morgan fingerprint density at radius 1 is 1.30 bits per heavy atom. The Morgan fingerprint density at radius 3 is 2.57 bits per heavy atom. The monoisotopic (exact) mass is 355 g/mol. The van der Waals surface area contributed by atoms with Crippen molar-refractivity contribution in [3.8, 4) is 5.75 Å². The predicted molar refractivity (Wildman–Crippen MR) is 85.5 cm³/mol. The standard InChI is InChI=1S/C15H11ClFNO4S/c1-9(23-12-5-2-10(16)3-6-12)15(19)22-14-8-11(17)4-7-13(14)18(20)21/h2-9H,1H3. The van der Waals surface area contributed by atoms with Crippen LogP contribution in [0.5, 0.6) is 5.75 Å². The van der Waals surface area contributed by atoms with Gasteiger partial charge >= 0.3 is 11.7 Å². The minimum absolute atomic E-state index is 0.413. The third-order valence-corrected chi connectivity index (χ3v) is 4.13. The normalized spacial score (nSPS) is 11.8. The summed E-state index contributed by atoms with van der Waals surface area (Å²) in [7, 11) is 0. The number of ether oxygens (including phenoxy) is 1. The number of hydrogen-bond donors (Lipinski definition) is 0. The van der Waals surface area contributed by atoms with Gasteiger partial charge in [-0.2, -0.15) is 0 Å². The molecule has 5 nitrogen and oxygen atoms in total. The molecule has 0 radical (unpaired) electrons. The zero-order valence-electron chi connectivity index (χ0n) is 11.9. The van der Waals surface area contributed by atoms with E-state index in [9.17, 15) is 19.3 Å². The Bertz CT molecular complexity index is 739. The molecule has 1 atom stereocenters. The highest BCUT2D eigenvalue weighted by Crippen LogP contribution is 2.30. The fourth-order valence-electron chi connectivity index (χ4n) is 1.68. The highest BCUT2D eigenvalue weighted by Gasteiger charge is 2.23. The van der Waals surface area contributed by atoms with Gasteiger partial charge < -0.3 is 4.74 Å². The Labute approximate surface area is 140 Å². The number of halogens is 2. The minimum atomic E-state index is -0.737. The minimum Gasteiger partial charge on any atom is -0.418 e. The number of benzene rings is 2. The maximum Gasteiger partial charge on any atom is 0.324 e. The number of hydrogen-bond acceptors (Lipinski definition) is 5. The van der Waals surface area contributed by atoms with Crippen molar-refractivity contribution in [2.24, 2.45) is 0 Å². The molecule has 0 aliphatic carbocycles. The first-order valence-corrected chi connectivity index (χ1v) is 7.70. The van der Waals surface area contributed by atoms with Crippen LogP contribution in [-0.4, -0.2) is 16.1 Å². The summed E-state index contributed by atoms with van der Waals surface area (Å²) in [6.07, 6.45) is 0. The predicted octanol–water partition coefficient (Wildman–Crippen LogP) is 4.47. The summed E-state index contributed by atoms with van der Waals surface area (Å²) in [5.41, 5.74) is -0.469. The van der Waals surface area contributed by atoms with E-state index in [4.69, 9.17) is 16.3 Å². The smallest absolute Gasteiger partial charge is 0.324 e. The van der Waals surface area contributed by atoms with Gasteiger partial charge in [-0.25, -0.2) is 4.39 Å². The lowest BCUT2D eigenvalue weighted by Gasteiger charge is -2.11. The van der Waals surface area contributed by atoms with Crippen LogP contribution in [0.1, 0.15) is 6.92 Å². The largest absolute Gasteiger partial charge is 0.418 e. The summed E-state index contributed by atoms with van der Waals surface area (Å²) in [5.74, 6) is -1.85. The van der Waals surface area contributed by atoms with Gasteiger partial charge in [-0.15, -0.1) is 11.8 Å². The van der Waals surface area contributed by atoms with E-state index < -0.39 is 33.4 Å². The number of nitro benzene ring substituents is 1. The number of rotatable bonds is 5. The van der Waals surface area contributed by atoms with Crippen LogP contribution in [0.4, 0.5) is 10.1 Å². The third-order valence-electron chi connectivity index (χ3n) is 2.79. The molecule has 2 aromatic rings. The molecule has 0 aliphatic heterocycles. The summed E-state index contributed by atoms with van der Waals surface area (Å²) in [5, 5.41) is 10.8.